The van der Waals surface area contributed by atoms with Crippen LogP contribution >= 0.6 is 11.3 Å². The van der Waals surface area contributed by atoms with Gasteiger partial charge in [0.2, 0.25) is 0 Å². The number of hydrogen-bond acceptors (Lipinski definition) is 6. The predicted molar refractivity (Wildman–Crippen MR) is 101 cm³/mol. The van der Waals surface area contributed by atoms with Gasteiger partial charge in [0, 0.05) is 24.2 Å². The molecule has 1 fully saturated rings. The van der Waals surface area contributed by atoms with Gasteiger partial charge in [0.05, 0.1) is 0 Å². The molecule has 1 aromatic carbocycles. The molecule has 0 saturated carbocycles. The van der Waals surface area contributed by atoms with Crippen LogP contribution in [-0.4, -0.2) is 40.9 Å². The third-order valence-corrected chi connectivity index (χ3v) is 5.72. The van der Waals surface area contributed by atoms with Gasteiger partial charge in [-0.3, -0.25) is 4.90 Å². The second kappa shape index (κ2) is 8.31. The number of aromatic nitrogens is 1. The number of aryl methyl sites for hydroxylation is 1. The first-order valence-corrected chi connectivity index (χ1v) is 9.62. The van der Waals surface area contributed by atoms with E-state index in [4.69, 9.17) is 4.74 Å². The van der Waals surface area contributed by atoms with Crippen molar-refractivity contribution in [3.05, 3.63) is 47.0 Å². The van der Waals surface area contributed by atoms with Crippen LogP contribution in [-0.2, 0) is 22.6 Å². The summed E-state index contributed by atoms with van der Waals surface area (Å²) in [6, 6.07) is 9.52. The Morgan fingerprint density at radius 2 is 2.23 bits per heavy atom. The molecule has 1 N–H and O–H groups in total. The summed E-state index contributed by atoms with van der Waals surface area (Å²) in [5, 5.41) is 3.99. The summed E-state index contributed by atoms with van der Waals surface area (Å²) >= 11 is 1.57. The van der Waals surface area contributed by atoms with Crippen LogP contribution in [0.15, 0.2) is 36.5 Å². The number of hydrogen-bond donors (Lipinski definition) is 1. The molecule has 0 spiro atoms. The maximum atomic E-state index is 12.6. The van der Waals surface area contributed by atoms with Crippen LogP contribution in [0.2, 0.25) is 0 Å². The molecule has 6 nitrogen and oxygen atoms in total. The summed E-state index contributed by atoms with van der Waals surface area (Å²) < 4.78 is 5.43. The van der Waals surface area contributed by atoms with E-state index in [1.54, 1.807) is 16.2 Å². The van der Waals surface area contributed by atoms with Crippen LogP contribution in [0.25, 0.3) is 0 Å². The van der Waals surface area contributed by atoms with E-state index in [9.17, 15) is 9.59 Å². The first kappa shape index (κ1) is 18.4. The van der Waals surface area contributed by atoms with Crippen LogP contribution in [0.1, 0.15) is 30.2 Å². The Morgan fingerprint density at radius 3 is 2.92 bits per heavy atom. The smallest absolute Gasteiger partial charge is 0.410 e. The Labute approximate surface area is 157 Å². The number of anilines is 1. The molecule has 1 amide bonds. The highest BCUT2D eigenvalue weighted by molar-refractivity contribution is 7.15. The Kier molecular flexibility index (Phi) is 5.88. The Balaban J connectivity index is 1.63. The van der Waals surface area contributed by atoms with E-state index in [1.807, 2.05) is 36.5 Å². The number of rotatable bonds is 7. The average molecular weight is 373 g/mol. The van der Waals surface area contributed by atoms with E-state index >= 15 is 0 Å². The number of carbonyl (C=O) groups excluding carboxylic acids is 2. The minimum Gasteiger partial charge on any atom is -0.445 e. The lowest BCUT2D eigenvalue weighted by atomic mass is 9.98. The largest absolute Gasteiger partial charge is 0.445 e. The zero-order chi connectivity index (χ0) is 18.4. The topological polar surface area (TPSA) is 71.5 Å². The molecule has 0 radical (unpaired) electrons. The van der Waals surface area contributed by atoms with Crippen LogP contribution < -0.4 is 5.32 Å². The molecule has 7 heteroatoms. The highest BCUT2D eigenvalue weighted by Gasteiger charge is 2.44. The average Bonchev–Trinajstić information content (AvgIpc) is 3.32. The summed E-state index contributed by atoms with van der Waals surface area (Å²) in [5.74, 6) is 0. The lowest BCUT2D eigenvalue weighted by molar-refractivity contribution is -0.115. The number of likely N-dealkylation sites (tertiary alicyclic amines) is 1. The van der Waals surface area contributed by atoms with Crippen molar-refractivity contribution in [2.75, 3.05) is 18.4 Å². The van der Waals surface area contributed by atoms with Gasteiger partial charge >= 0.3 is 6.09 Å². The Morgan fingerprint density at radius 1 is 1.42 bits per heavy atom. The molecule has 0 aliphatic carbocycles. The summed E-state index contributed by atoms with van der Waals surface area (Å²) in [5.41, 5.74) is 0.0380. The van der Waals surface area contributed by atoms with Crippen molar-refractivity contribution in [1.82, 2.24) is 9.88 Å². The van der Waals surface area contributed by atoms with Crippen molar-refractivity contribution in [3.63, 3.8) is 0 Å². The molecule has 0 bridgehead atoms. The first-order chi connectivity index (χ1) is 12.7. The molecule has 26 heavy (non-hydrogen) atoms. The first-order valence-electron chi connectivity index (χ1n) is 8.80. The van der Waals surface area contributed by atoms with E-state index in [0.717, 1.165) is 29.8 Å². The third-order valence-electron chi connectivity index (χ3n) is 4.62. The number of aldehydes is 1. The van der Waals surface area contributed by atoms with Crippen LogP contribution in [0.3, 0.4) is 0 Å². The lowest BCUT2D eigenvalue weighted by Gasteiger charge is -2.33. The van der Waals surface area contributed by atoms with Gasteiger partial charge < -0.3 is 14.8 Å². The molecule has 138 valence electrons. The summed E-state index contributed by atoms with van der Waals surface area (Å²) in [6.07, 6.45) is 4.57. The molecule has 1 atom stereocenters. The van der Waals surface area contributed by atoms with E-state index < -0.39 is 11.6 Å². The molecule has 1 saturated heterocycles. The number of thiazole rings is 1. The lowest BCUT2D eigenvalue weighted by Crippen LogP contribution is -2.53. The fraction of sp³-hybridized carbons (Fsp3) is 0.421. The molecular weight excluding hydrogens is 350 g/mol. The standard InChI is InChI=1S/C19H23N3O3S/c1-2-16-11-20-17(26-16)21-13-19(14-23)9-6-10-22(19)18(24)25-12-15-7-4-3-5-8-15/h3-5,7-8,11,14H,2,6,9-10,12-13H2,1H3,(H,20,21). The maximum Gasteiger partial charge on any atom is 0.410 e. The van der Waals surface area contributed by atoms with Gasteiger partial charge in [-0.25, -0.2) is 9.78 Å². The SMILES string of the molecule is CCc1cnc(NCC2(C=O)CCCN2C(=O)OCc2ccccc2)s1. The van der Waals surface area contributed by atoms with Crippen LogP contribution in [0.4, 0.5) is 9.93 Å². The number of carbonyl (C=O) groups is 2. The quantitative estimate of drug-likeness (QED) is 0.752. The molecular formula is C19H23N3O3S. The number of amides is 1. The fourth-order valence-electron chi connectivity index (χ4n) is 3.10. The van der Waals surface area contributed by atoms with Crippen molar-refractivity contribution in [3.8, 4) is 0 Å². The predicted octanol–water partition coefficient (Wildman–Crippen LogP) is 3.49. The number of ether oxygens (including phenoxy) is 1. The maximum absolute atomic E-state index is 12.6. The highest BCUT2D eigenvalue weighted by atomic mass is 32.1. The minimum atomic E-state index is -0.883. The zero-order valence-corrected chi connectivity index (χ0v) is 15.6. The molecule has 1 unspecified atom stereocenters. The number of nitrogens with zero attached hydrogens (tertiary/aromatic N) is 2. The molecule has 1 aliphatic heterocycles. The van der Waals surface area contributed by atoms with Crippen molar-refractivity contribution >= 4 is 28.8 Å². The monoisotopic (exact) mass is 373 g/mol. The molecule has 2 aromatic rings. The van der Waals surface area contributed by atoms with Crippen molar-refractivity contribution < 1.29 is 14.3 Å². The normalized spacial score (nSPS) is 19.3. The third kappa shape index (κ3) is 4.04. The van der Waals surface area contributed by atoms with Gasteiger partial charge in [-0.05, 0) is 24.8 Å². The zero-order valence-electron chi connectivity index (χ0n) is 14.8. The molecule has 1 aliphatic rings. The second-order valence-electron chi connectivity index (χ2n) is 6.36. The highest BCUT2D eigenvalue weighted by Crippen LogP contribution is 2.30. The summed E-state index contributed by atoms with van der Waals surface area (Å²) in [6.45, 7) is 3.14. The van der Waals surface area contributed by atoms with Gasteiger partial charge in [-0.15, -0.1) is 11.3 Å². The van der Waals surface area contributed by atoms with E-state index in [-0.39, 0.29) is 6.61 Å². The minimum absolute atomic E-state index is 0.199. The van der Waals surface area contributed by atoms with Gasteiger partial charge in [-0.2, -0.15) is 0 Å². The van der Waals surface area contributed by atoms with Gasteiger partial charge in [0.25, 0.3) is 0 Å². The molecule has 1 aromatic heterocycles. The van der Waals surface area contributed by atoms with Gasteiger partial charge in [-0.1, -0.05) is 37.3 Å². The van der Waals surface area contributed by atoms with Crippen LogP contribution in [0, 0.1) is 0 Å². The number of benzene rings is 1. The van der Waals surface area contributed by atoms with E-state index in [0.29, 0.717) is 19.5 Å². The van der Waals surface area contributed by atoms with Crippen molar-refractivity contribution in [2.24, 2.45) is 0 Å². The van der Waals surface area contributed by atoms with E-state index in [2.05, 4.69) is 17.2 Å². The number of nitrogens with one attached hydrogen (secondary N) is 1. The Hall–Kier alpha value is -2.41. The van der Waals surface area contributed by atoms with E-state index in [1.165, 1.54) is 4.88 Å². The molecule has 3 rings (SSSR count). The van der Waals surface area contributed by atoms with Crippen LogP contribution in [0.5, 0.6) is 0 Å². The summed E-state index contributed by atoms with van der Waals surface area (Å²) in [4.78, 5) is 31.5. The van der Waals surface area contributed by atoms with Crippen molar-refractivity contribution in [1.29, 1.82) is 0 Å². The fourth-order valence-corrected chi connectivity index (χ4v) is 3.85. The Bertz CT molecular complexity index is 749. The second-order valence-corrected chi connectivity index (χ2v) is 7.47. The van der Waals surface area contributed by atoms with Gasteiger partial charge in [0.15, 0.2) is 5.13 Å². The summed E-state index contributed by atoms with van der Waals surface area (Å²) in [7, 11) is 0. The molecule has 2 heterocycles. The van der Waals surface area contributed by atoms with Gasteiger partial charge in [0.1, 0.15) is 18.4 Å². The van der Waals surface area contributed by atoms with Crippen molar-refractivity contribution in [2.45, 2.75) is 38.3 Å².